The van der Waals surface area contributed by atoms with Crippen molar-refractivity contribution >= 4 is 41.5 Å². The fourth-order valence-corrected chi connectivity index (χ4v) is 5.13. The van der Waals surface area contributed by atoms with Gasteiger partial charge in [0.05, 0.1) is 20.2 Å². The van der Waals surface area contributed by atoms with E-state index in [4.69, 9.17) is 20.4 Å². The summed E-state index contributed by atoms with van der Waals surface area (Å²) in [6, 6.07) is 39.5. The SMILES string of the molecule is COc1ccc(/C=C/c2ccc(N(Cc3ccc(-c4ccccc4C(=O)NCCN)cc3)C(=O)CNC(=O)c3ccccc3)cc2)cc1.O=C(O)C(F)(F)F. The number of carbonyl (C=O) groups excluding carboxylic acids is 3. The van der Waals surface area contributed by atoms with E-state index in [1.165, 1.54) is 0 Å². The van der Waals surface area contributed by atoms with Crippen molar-refractivity contribution < 1.29 is 42.2 Å². The number of carbonyl (C=O) groups is 4. The number of methoxy groups -OCH3 is 1. The molecule has 55 heavy (non-hydrogen) atoms. The van der Waals surface area contributed by atoms with E-state index in [0.29, 0.717) is 29.9 Å². The number of aliphatic carboxylic acids is 1. The average Bonchev–Trinajstić information content (AvgIpc) is 3.21. The van der Waals surface area contributed by atoms with Gasteiger partial charge >= 0.3 is 12.1 Å². The Balaban J connectivity index is 0.000000876. The van der Waals surface area contributed by atoms with Crippen molar-refractivity contribution in [1.29, 1.82) is 0 Å². The van der Waals surface area contributed by atoms with Crippen LogP contribution >= 0.6 is 0 Å². The zero-order chi connectivity index (χ0) is 39.8. The van der Waals surface area contributed by atoms with Crippen molar-refractivity contribution in [3.63, 3.8) is 0 Å². The van der Waals surface area contributed by atoms with Crippen LogP contribution in [0.1, 0.15) is 37.4 Å². The number of nitrogens with one attached hydrogen (secondary N) is 2. The molecule has 0 aliphatic carbocycles. The lowest BCUT2D eigenvalue weighted by atomic mass is 9.98. The van der Waals surface area contributed by atoms with Crippen molar-refractivity contribution in [1.82, 2.24) is 10.6 Å². The van der Waals surface area contributed by atoms with Crippen LogP contribution in [-0.4, -0.2) is 61.7 Å². The first kappa shape index (κ1) is 41.0. The van der Waals surface area contributed by atoms with Gasteiger partial charge in [0, 0.05) is 29.9 Å². The lowest BCUT2D eigenvalue weighted by Crippen LogP contribution is -2.40. The lowest BCUT2D eigenvalue weighted by Gasteiger charge is -2.24. The van der Waals surface area contributed by atoms with Crippen LogP contribution in [0.4, 0.5) is 18.9 Å². The molecule has 10 nitrogen and oxygen atoms in total. The summed E-state index contributed by atoms with van der Waals surface area (Å²) in [6.07, 6.45) is -1.07. The molecule has 0 heterocycles. The fraction of sp³-hybridized carbons (Fsp3) is 0.143. The maximum absolute atomic E-state index is 13.7. The van der Waals surface area contributed by atoms with Crippen molar-refractivity contribution in [3.8, 4) is 16.9 Å². The Bertz CT molecular complexity index is 2070. The molecule has 0 radical (unpaired) electrons. The number of amides is 3. The van der Waals surface area contributed by atoms with E-state index in [2.05, 4.69) is 10.6 Å². The molecule has 5 aromatic rings. The van der Waals surface area contributed by atoms with E-state index >= 15 is 0 Å². The first-order valence-electron chi connectivity index (χ1n) is 16.9. The molecule has 0 bridgehead atoms. The van der Waals surface area contributed by atoms with Gasteiger partial charge in [0.15, 0.2) is 0 Å². The van der Waals surface area contributed by atoms with Gasteiger partial charge in [-0.05, 0) is 70.3 Å². The second-order valence-corrected chi connectivity index (χ2v) is 11.8. The summed E-state index contributed by atoms with van der Waals surface area (Å²) in [5, 5.41) is 12.7. The van der Waals surface area contributed by atoms with E-state index in [1.54, 1.807) is 42.3 Å². The predicted octanol–water partition coefficient (Wildman–Crippen LogP) is 6.82. The number of carboxylic acids is 1. The van der Waals surface area contributed by atoms with Crippen LogP contribution in [0.2, 0.25) is 0 Å². The number of rotatable bonds is 13. The molecule has 0 fully saturated rings. The van der Waals surface area contributed by atoms with Gasteiger partial charge in [0.2, 0.25) is 5.91 Å². The van der Waals surface area contributed by atoms with Crippen LogP contribution in [0, 0.1) is 0 Å². The smallest absolute Gasteiger partial charge is 0.490 e. The molecule has 0 aliphatic rings. The molecule has 0 spiro atoms. The van der Waals surface area contributed by atoms with Gasteiger partial charge in [-0.3, -0.25) is 14.4 Å². The third-order valence-corrected chi connectivity index (χ3v) is 7.98. The number of carboxylic acid groups (broad SMARTS) is 1. The highest BCUT2D eigenvalue weighted by atomic mass is 19.4. The van der Waals surface area contributed by atoms with Crippen molar-refractivity contribution in [2.24, 2.45) is 5.73 Å². The topological polar surface area (TPSA) is 151 Å². The molecule has 3 amide bonds. The number of halogens is 3. The Morgan fingerprint density at radius 3 is 1.87 bits per heavy atom. The summed E-state index contributed by atoms with van der Waals surface area (Å²) in [5.74, 6) is -2.72. The minimum absolute atomic E-state index is 0.170. The van der Waals surface area contributed by atoms with Gasteiger partial charge in [-0.25, -0.2) is 4.79 Å². The molecular weight excluding hydrogens is 713 g/mol. The average molecular weight is 753 g/mol. The second-order valence-electron chi connectivity index (χ2n) is 11.8. The largest absolute Gasteiger partial charge is 0.497 e. The second kappa shape index (κ2) is 19.9. The highest BCUT2D eigenvalue weighted by molar-refractivity contribution is 6.01. The quantitative estimate of drug-likeness (QED) is 0.0965. The number of hydrogen-bond acceptors (Lipinski definition) is 6. The van der Waals surface area contributed by atoms with Crippen molar-refractivity contribution in [2.75, 3.05) is 31.6 Å². The number of ether oxygens (including phenoxy) is 1. The van der Waals surface area contributed by atoms with Crippen LogP contribution in [0.3, 0.4) is 0 Å². The molecular formula is C42H39F3N4O6. The lowest BCUT2D eigenvalue weighted by molar-refractivity contribution is -0.192. The summed E-state index contributed by atoms with van der Waals surface area (Å²) < 4.78 is 37.0. The number of nitrogens with zero attached hydrogens (tertiary/aromatic N) is 1. The molecule has 0 aliphatic heterocycles. The molecule has 0 saturated carbocycles. The molecule has 5 aromatic carbocycles. The zero-order valence-electron chi connectivity index (χ0n) is 29.8. The first-order valence-corrected chi connectivity index (χ1v) is 16.9. The van der Waals surface area contributed by atoms with E-state index in [0.717, 1.165) is 33.6 Å². The Labute approximate surface area is 316 Å². The first-order chi connectivity index (χ1) is 26.4. The van der Waals surface area contributed by atoms with E-state index in [1.807, 2.05) is 109 Å². The normalized spacial score (nSPS) is 10.9. The Morgan fingerprint density at radius 2 is 1.31 bits per heavy atom. The molecule has 5 N–H and O–H groups in total. The summed E-state index contributed by atoms with van der Waals surface area (Å²) in [6.45, 7) is 0.856. The molecule has 0 saturated heterocycles. The van der Waals surface area contributed by atoms with Gasteiger partial charge in [0.25, 0.3) is 11.8 Å². The summed E-state index contributed by atoms with van der Waals surface area (Å²) in [5.41, 5.74) is 11.9. The fourth-order valence-electron chi connectivity index (χ4n) is 5.13. The molecule has 5 rings (SSSR count). The van der Waals surface area contributed by atoms with Gasteiger partial charge in [0.1, 0.15) is 5.75 Å². The Morgan fingerprint density at radius 1 is 0.745 bits per heavy atom. The third kappa shape index (κ3) is 12.4. The van der Waals surface area contributed by atoms with Crippen LogP contribution in [-0.2, 0) is 16.1 Å². The highest BCUT2D eigenvalue weighted by Gasteiger charge is 2.38. The van der Waals surface area contributed by atoms with Crippen LogP contribution in [0.15, 0.2) is 127 Å². The van der Waals surface area contributed by atoms with Crippen LogP contribution in [0.25, 0.3) is 23.3 Å². The van der Waals surface area contributed by atoms with Gasteiger partial charge in [-0.2, -0.15) is 13.2 Å². The molecule has 0 atom stereocenters. The van der Waals surface area contributed by atoms with Crippen LogP contribution in [0.5, 0.6) is 5.75 Å². The predicted molar refractivity (Wildman–Crippen MR) is 205 cm³/mol. The third-order valence-electron chi connectivity index (χ3n) is 7.98. The molecule has 0 unspecified atom stereocenters. The maximum atomic E-state index is 13.7. The van der Waals surface area contributed by atoms with Crippen LogP contribution < -0.4 is 26.0 Å². The molecule has 0 aromatic heterocycles. The zero-order valence-corrected chi connectivity index (χ0v) is 29.8. The van der Waals surface area contributed by atoms with Gasteiger partial charge in [-0.1, -0.05) is 97.1 Å². The minimum Gasteiger partial charge on any atom is -0.497 e. The summed E-state index contributed by atoms with van der Waals surface area (Å²) in [4.78, 5) is 49.7. The Hall–Kier alpha value is -6.73. The van der Waals surface area contributed by atoms with Crippen molar-refractivity contribution in [2.45, 2.75) is 12.7 Å². The monoisotopic (exact) mass is 752 g/mol. The number of benzene rings is 5. The molecule has 13 heteroatoms. The van der Waals surface area contributed by atoms with E-state index in [-0.39, 0.29) is 30.8 Å². The number of nitrogens with two attached hydrogens (primary N) is 1. The molecule has 284 valence electrons. The van der Waals surface area contributed by atoms with Crippen molar-refractivity contribution in [3.05, 3.63) is 155 Å². The summed E-state index contributed by atoms with van der Waals surface area (Å²) >= 11 is 0. The highest BCUT2D eigenvalue weighted by Crippen LogP contribution is 2.26. The minimum atomic E-state index is -5.08. The van der Waals surface area contributed by atoms with E-state index in [9.17, 15) is 27.6 Å². The van der Waals surface area contributed by atoms with Gasteiger partial charge < -0.3 is 31.1 Å². The van der Waals surface area contributed by atoms with Gasteiger partial charge in [-0.15, -0.1) is 0 Å². The standard InChI is InChI=1S/C40H38N4O4.C2HF3O2/c1-48-35-23-17-30(18-24-35)12-11-29-15-21-34(22-16-29)44(38(45)27-43-39(46)33-7-3-2-4-8-33)28-31-13-19-32(20-14-31)36-9-5-6-10-37(36)40(47)42-26-25-41;3-2(4,5)1(6)7/h2-24H,25-28,41H2,1H3,(H,42,47)(H,43,46);(H,6,7)/b12-11+;. The maximum Gasteiger partial charge on any atom is 0.490 e. The number of alkyl halides is 3. The number of hydrogen-bond donors (Lipinski definition) is 4. The summed E-state index contributed by atoms with van der Waals surface area (Å²) in [7, 11) is 1.64. The van der Waals surface area contributed by atoms with E-state index < -0.39 is 12.1 Å². The number of anilines is 1. The Kier molecular flexibility index (Phi) is 14.9.